The predicted octanol–water partition coefficient (Wildman–Crippen LogP) is 0.138. The van der Waals surface area contributed by atoms with Crippen molar-refractivity contribution in [2.45, 2.75) is 18.6 Å². The van der Waals surface area contributed by atoms with Crippen molar-refractivity contribution in [3.8, 4) is 0 Å². The fraction of sp³-hybridized carbons (Fsp3) is 0.474. The van der Waals surface area contributed by atoms with E-state index in [-0.39, 0.29) is 17.6 Å². The smallest absolute Gasteiger partial charge is 0.338 e. The van der Waals surface area contributed by atoms with E-state index in [9.17, 15) is 9.59 Å². The van der Waals surface area contributed by atoms with Gasteiger partial charge in [-0.25, -0.2) is 4.79 Å². The van der Waals surface area contributed by atoms with Crippen molar-refractivity contribution in [1.82, 2.24) is 14.8 Å². The predicted molar refractivity (Wildman–Crippen MR) is 108 cm³/mol. The zero-order valence-corrected chi connectivity index (χ0v) is 17.5. The summed E-state index contributed by atoms with van der Waals surface area (Å²) in [5.41, 5.74) is 1.08. The molecule has 156 valence electrons. The Labute approximate surface area is 173 Å². The second-order valence-electron chi connectivity index (χ2n) is 6.63. The molecule has 2 aromatic rings. The van der Waals surface area contributed by atoms with E-state index in [2.05, 4.69) is 15.5 Å². The Morgan fingerprint density at radius 2 is 1.97 bits per heavy atom. The van der Waals surface area contributed by atoms with Gasteiger partial charge in [0.1, 0.15) is 19.6 Å². The van der Waals surface area contributed by atoms with Crippen LogP contribution in [0.1, 0.15) is 23.1 Å². The van der Waals surface area contributed by atoms with E-state index in [4.69, 9.17) is 9.47 Å². The molecular weight excluding hydrogens is 394 g/mol. The lowest BCUT2D eigenvalue weighted by Crippen LogP contribution is -3.12. The highest BCUT2D eigenvalue weighted by molar-refractivity contribution is 7.99. The molecule has 10 heteroatoms. The molecule has 1 aromatic carbocycles. The van der Waals surface area contributed by atoms with E-state index < -0.39 is 0 Å². The van der Waals surface area contributed by atoms with Crippen LogP contribution in [0.25, 0.3) is 0 Å². The van der Waals surface area contributed by atoms with Crippen LogP contribution in [-0.2, 0) is 27.9 Å². The molecule has 0 radical (unpaired) electrons. The monoisotopic (exact) mass is 420 g/mol. The maximum absolute atomic E-state index is 12.2. The molecule has 0 atom stereocenters. The Kier molecular flexibility index (Phi) is 7.62. The van der Waals surface area contributed by atoms with Crippen molar-refractivity contribution in [1.29, 1.82) is 0 Å². The highest BCUT2D eigenvalue weighted by Crippen LogP contribution is 2.17. The standard InChI is InChI=1S/C19H25N5O4S/c1-3-28-18(26)14-4-6-15(7-5-14)20-17(25)13-29-19-22-21-16(23(19)2)12-24-8-10-27-11-9-24/h4-7H,3,8-13H2,1-2H3,(H,20,25)/p+1. The molecule has 1 aliphatic heterocycles. The fourth-order valence-electron chi connectivity index (χ4n) is 2.92. The largest absolute Gasteiger partial charge is 0.462 e. The van der Waals surface area contributed by atoms with Crippen LogP contribution in [0.2, 0.25) is 0 Å². The SMILES string of the molecule is CCOC(=O)c1ccc(NC(=O)CSc2nnc(C[NH+]3CCOCC3)n2C)cc1. The summed E-state index contributed by atoms with van der Waals surface area (Å²) >= 11 is 1.34. The van der Waals surface area contributed by atoms with Crippen molar-refractivity contribution in [2.75, 3.05) is 44.0 Å². The number of nitrogens with zero attached hydrogens (tertiary/aromatic N) is 3. The molecule has 1 amide bonds. The average Bonchev–Trinajstić information content (AvgIpc) is 3.07. The zero-order chi connectivity index (χ0) is 20.6. The van der Waals surface area contributed by atoms with Gasteiger partial charge in [-0.2, -0.15) is 0 Å². The molecule has 2 heterocycles. The Morgan fingerprint density at radius 3 is 2.66 bits per heavy atom. The minimum atomic E-state index is -0.377. The highest BCUT2D eigenvalue weighted by atomic mass is 32.2. The first-order chi connectivity index (χ1) is 14.1. The Morgan fingerprint density at radius 1 is 1.24 bits per heavy atom. The topological polar surface area (TPSA) is 99.8 Å². The molecule has 1 fully saturated rings. The molecule has 3 rings (SSSR count). The number of rotatable bonds is 8. The van der Waals surface area contributed by atoms with Gasteiger partial charge in [0, 0.05) is 12.7 Å². The molecule has 9 nitrogen and oxygen atoms in total. The number of benzene rings is 1. The van der Waals surface area contributed by atoms with Crippen LogP contribution in [0.15, 0.2) is 29.4 Å². The Hall–Kier alpha value is -2.43. The van der Waals surface area contributed by atoms with Crippen LogP contribution >= 0.6 is 11.8 Å². The molecule has 0 spiro atoms. The summed E-state index contributed by atoms with van der Waals surface area (Å²) in [6, 6.07) is 6.62. The number of amides is 1. The summed E-state index contributed by atoms with van der Waals surface area (Å²) in [6.07, 6.45) is 0. The summed E-state index contributed by atoms with van der Waals surface area (Å²) in [4.78, 5) is 25.3. The van der Waals surface area contributed by atoms with Crippen LogP contribution < -0.4 is 10.2 Å². The number of carbonyl (C=O) groups is 2. The first kappa shape index (κ1) is 21.3. The third-order valence-corrected chi connectivity index (χ3v) is 5.57. The van der Waals surface area contributed by atoms with Crippen LogP contribution in [-0.4, -0.2) is 65.3 Å². The van der Waals surface area contributed by atoms with Gasteiger partial charge >= 0.3 is 5.97 Å². The van der Waals surface area contributed by atoms with E-state index in [0.717, 1.165) is 38.7 Å². The Bertz CT molecular complexity index is 834. The van der Waals surface area contributed by atoms with Gasteiger partial charge in [0.25, 0.3) is 0 Å². The van der Waals surface area contributed by atoms with Gasteiger partial charge in [-0.05, 0) is 31.2 Å². The summed E-state index contributed by atoms with van der Waals surface area (Å²) in [6.45, 7) is 6.36. The van der Waals surface area contributed by atoms with Gasteiger partial charge < -0.3 is 24.3 Å². The first-order valence-corrected chi connectivity index (χ1v) is 10.5. The molecule has 29 heavy (non-hydrogen) atoms. The first-order valence-electron chi connectivity index (χ1n) is 9.56. The molecule has 0 saturated carbocycles. The summed E-state index contributed by atoms with van der Waals surface area (Å²) < 4.78 is 12.3. The maximum atomic E-state index is 12.2. The van der Waals surface area contributed by atoms with Gasteiger partial charge in [0.05, 0.1) is 31.1 Å². The Balaban J connectivity index is 1.48. The molecule has 1 saturated heterocycles. The number of ether oxygens (including phenoxy) is 2. The maximum Gasteiger partial charge on any atom is 0.338 e. The third kappa shape index (κ3) is 6.02. The number of thioether (sulfide) groups is 1. The minimum absolute atomic E-state index is 0.151. The van der Waals surface area contributed by atoms with Crippen LogP contribution in [0.4, 0.5) is 5.69 Å². The number of nitrogens with one attached hydrogen (secondary N) is 2. The molecule has 1 aromatic heterocycles. The van der Waals surface area contributed by atoms with Gasteiger partial charge in [-0.1, -0.05) is 11.8 Å². The van der Waals surface area contributed by atoms with Crippen molar-refractivity contribution < 1.29 is 24.0 Å². The van der Waals surface area contributed by atoms with E-state index in [1.807, 2.05) is 11.6 Å². The van der Waals surface area contributed by atoms with Crippen LogP contribution in [0, 0.1) is 0 Å². The number of hydrogen-bond donors (Lipinski definition) is 2. The van der Waals surface area contributed by atoms with E-state index >= 15 is 0 Å². The number of esters is 1. The number of quaternary nitrogens is 1. The molecule has 0 aliphatic carbocycles. The van der Waals surface area contributed by atoms with Crippen LogP contribution in [0.3, 0.4) is 0 Å². The quantitative estimate of drug-likeness (QED) is 0.463. The minimum Gasteiger partial charge on any atom is -0.462 e. The van der Waals surface area contributed by atoms with Crippen molar-refractivity contribution in [3.63, 3.8) is 0 Å². The van der Waals surface area contributed by atoms with Crippen molar-refractivity contribution in [2.24, 2.45) is 7.05 Å². The molecule has 2 N–H and O–H groups in total. The van der Waals surface area contributed by atoms with Gasteiger partial charge in [-0.15, -0.1) is 10.2 Å². The van der Waals surface area contributed by atoms with Crippen LogP contribution in [0.5, 0.6) is 0 Å². The van der Waals surface area contributed by atoms with E-state index in [0.29, 0.717) is 23.0 Å². The molecule has 0 bridgehead atoms. The number of hydrogen-bond acceptors (Lipinski definition) is 7. The summed E-state index contributed by atoms with van der Waals surface area (Å²) in [5.74, 6) is 0.593. The second-order valence-corrected chi connectivity index (χ2v) is 7.57. The molecule has 1 aliphatic rings. The lowest BCUT2D eigenvalue weighted by molar-refractivity contribution is -0.922. The highest BCUT2D eigenvalue weighted by Gasteiger charge is 2.19. The molecular formula is C19H26N5O4S+. The van der Waals surface area contributed by atoms with Gasteiger partial charge in [0.15, 0.2) is 11.0 Å². The normalized spacial score (nSPS) is 14.6. The van der Waals surface area contributed by atoms with E-state index in [1.54, 1.807) is 31.2 Å². The average molecular weight is 421 g/mol. The third-order valence-electron chi connectivity index (χ3n) is 4.55. The lowest BCUT2D eigenvalue weighted by atomic mass is 10.2. The fourth-order valence-corrected chi connectivity index (χ4v) is 3.65. The number of morpholine rings is 1. The second kappa shape index (κ2) is 10.4. The number of carbonyl (C=O) groups excluding carboxylic acids is 2. The van der Waals surface area contributed by atoms with Crippen molar-refractivity contribution >= 4 is 29.3 Å². The summed E-state index contributed by atoms with van der Waals surface area (Å²) in [7, 11) is 1.92. The van der Waals surface area contributed by atoms with E-state index in [1.165, 1.54) is 16.7 Å². The number of aromatic nitrogens is 3. The van der Waals surface area contributed by atoms with Gasteiger partial charge in [-0.3, -0.25) is 4.79 Å². The van der Waals surface area contributed by atoms with Crippen molar-refractivity contribution in [3.05, 3.63) is 35.7 Å². The molecule has 0 unspecified atom stereocenters. The van der Waals surface area contributed by atoms with Gasteiger partial charge in [0.2, 0.25) is 5.91 Å². The summed E-state index contributed by atoms with van der Waals surface area (Å²) in [5, 5.41) is 12.0. The number of anilines is 1. The zero-order valence-electron chi connectivity index (χ0n) is 16.6. The lowest BCUT2D eigenvalue weighted by Gasteiger charge is -2.23.